The molecule has 0 aliphatic heterocycles. The molecule has 9 heteroatoms. The summed E-state index contributed by atoms with van der Waals surface area (Å²) in [7, 11) is 0. The van der Waals surface area contributed by atoms with Crippen LogP contribution in [-0.4, -0.2) is 22.8 Å². The Hall–Kier alpha value is -2.58. The summed E-state index contributed by atoms with van der Waals surface area (Å²) in [6.45, 7) is 3.45. The highest BCUT2D eigenvalue weighted by Crippen LogP contribution is 2.41. The fourth-order valence-electron chi connectivity index (χ4n) is 4.23. The average molecular weight is 511 g/mol. The second-order valence-electron chi connectivity index (χ2n) is 8.95. The van der Waals surface area contributed by atoms with Crippen LogP contribution in [0.2, 0.25) is 5.02 Å². The number of rotatable bonds is 9. The van der Waals surface area contributed by atoms with Crippen LogP contribution in [0.4, 0.5) is 13.2 Å². The van der Waals surface area contributed by atoms with E-state index in [1.165, 1.54) is 6.07 Å². The van der Waals surface area contributed by atoms with Crippen LogP contribution in [0.5, 0.6) is 0 Å². The minimum absolute atomic E-state index is 0.0501. The second kappa shape index (κ2) is 11.9. The number of hydrogen-bond donors (Lipinski definition) is 2. The lowest BCUT2D eigenvalue weighted by Gasteiger charge is -2.25. The lowest BCUT2D eigenvalue weighted by molar-refractivity contribution is -0.139. The van der Waals surface area contributed by atoms with Crippen LogP contribution in [-0.2, 0) is 29.0 Å². The topological polar surface area (TPSA) is 70.9 Å². The number of hydrogen-bond acceptors (Lipinski definition) is 4. The van der Waals surface area contributed by atoms with E-state index in [0.29, 0.717) is 27.4 Å². The van der Waals surface area contributed by atoms with Crippen molar-refractivity contribution in [3.8, 4) is 0 Å². The van der Waals surface area contributed by atoms with Gasteiger partial charge < -0.3 is 15.3 Å². The molecule has 3 rings (SSSR count). The van der Waals surface area contributed by atoms with Gasteiger partial charge in [0.1, 0.15) is 12.6 Å². The number of alkyl halides is 3. The molecule has 1 atom stereocenters. The highest BCUT2D eigenvalue weighted by atomic mass is 35.5. The van der Waals surface area contributed by atoms with E-state index in [1.54, 1.807) is 44.2 Å². The van der Waals surface area contributed by atoms with Gasteiger partial charge in [-0.25, -0.2) is 0 Å². The molecule has 1 aliphatic carbocycles. The standard InChI is InChI=1S/C26H30ClF3N2O3/c1-16(20-9-10-21(24(27)13-20)14-31-17(2)25(33)34)32-35-15-18-8-11-22(19-6-4-3-5-7-19)23(12-18)26(28,29)30/h8-13,17,19,31H,3-7,14-15H2,1-2H3,(H,33,34). The van der Waals surface area contributed by atoms with Gasteiger partial charge >= 0.3 is 12.1 Å². The lowest BCUT2D eigenvalue weighted by atomic mass is 9.81. The molecule has 1 unspecified atom stereocenters. The molecule has 1 saturated carbocycles. The molecule has 1 aliphatic rings. The maximum Gasteiger partial charge on any atom is 0.416 e. The van der Waals surface area contributed by atoms with Crippen molar-refractivity contribution in [2.24, 2.45) is 5.16 Å². The third-order valence-corrected chi connectivity index (χ3v) is 6.69. The molecule has 190 valence electrons. The van der Waals surface area contributed by atoms with Crippen LogP contribution in [0.1, 0.15) is 79.7 Å². The van der Waals surface area contributed by atoms with Crippen molar-refractivity contribution in [3.05, 3.63) is 69.2 Å². The number of nitrogens with one attached hydrogen (secondary N) is 1. The fraction of sp³-hybridized carbons (Fsp3) is 0.462. The Morgan fingerprint density at radius 3 is 2.54 bits per heavy atom. The van der Waals surface area contributed by atoms with E-state index in [4.69, 9.17) is 21.5 Å². The molecule has 0 radical (unpaired) electrons. The number of aliphatic carboxylic acids is 1. The Bertz CT molecular complexity index is 1070. The number of carboxylic acids is 1. The summed E-state index contributed by atoms with van der Waals surface area (Å²) in [5.41, 5.74) is 2.13. The van der Waals surface area contributed by atoms with Gasteiger partial charge in [-0.2, -0.15) is 13.2 Å². The molecule has 0 aromatic heterocycles. The molecule has 5 nitrogen and oxygen atoms in total. The number of carbonyl (C=O) groups is 1. The monoisotopic (exact) mass is 510 g/mol. The van der Waals surface area contributed by atoms with Gasteiger partial charge in [0, 0.05) is 17.1 Å². The summed E-state index contributed by atoms with van der Waals surface area (Å²) >= 11 is 6.32. The molecule has 2 aromatic carbocycles. The van der Waals surface area contributed by atoms with E-state index in [0.717, 1.165) is 37.7 Å². The number of oxime groups is 1. The average Bonchev–Trinajstić information content (AvgIpc) is 2.82. The summed E-state index contributed by atoms with van der Waals surface area (Å²) in [6, 6.07) is 8.96. The Kier molecular flexibility index (Phi) is 9.19. The van der Waals surface area contributed by atoms with Crippen molar-refractivity contribution in [1.29, 1.82) is 0 Å². The highest BCUT2D eigenvalue weighted by Gasteiger charge is 2.35. The van der Waals surface area contributed by atoms with Gasteiger partial charge in [-0.15, -0.1) is 0 Å². The summed E-state index contributed by atoms with van der Waals surface area (Å²) in [5.74, 6) is -1.00. The summed E-state index contributed by atoms with van der Waals surface area (Å²) in [5, 5.41) is 16.3. The number of nitrogens with zero attached hydrogens (tertiary/aromatic N) is 1. The molecule has 2 aromatic rings. The number of carboxylic acid groups (broad SMARTS) is 1. The van der Waals surface area contributed by atoms with Crippen molar-refractivity contribution >= 4 is 23.3 Å². The van der Waals surface area contributed by atoms with Crippen LogP contribution in [0.25, 0.3) is 0 Å². The first-order valence-electron chi connectivity index (χ1n) is 11.7. The Balaban J connectivity index is 1.66. The Labute approximate surface area is 208 Å². The van der Waals surface area contributed by atoms with Crippen molar-refractivity contribution in [1.82, 2.24) is 5.32 Å². The van der Waals surface area contributed by atoms with Gasteiger partial charge in [-0.05, 0) is 61.4 Å². The summed E-state index contributed by atoms with van der Waals surface area (Å²) < 4.78 is 41.2. The molecular formula is C26H30ClF3N2O3. The van der Waals surface area contributed by atoms with Crippen molar-refractivity contribution in [2.75, 3.05) is 0 Å². The maximum absolute atomic E-state index is 13.7. The Morgan fingerprint density at radius 2 is 1.91 bits per heavy atom. The molecule has 35 heavy (non-hydrogen) atoms. The molecule has 1 fully saturated rings. The van der Waals surface area contributed by atoms with Crippen LogP contribution in [0.3, 0.4) is 0 Å². The molecule has 0 heterocycles. The van der Waals surface area contributed by atoms with Gasteiger partial charge in [0.05, 0.1) is 11.3 Å². The lowest BCUT2D eigenvalue weighted by Crippen LogP contribution is -2.33. The van der Waals surface area contributed by atoms with Crippen LogP contribution < -0.4 is 5.32 Å². The predicted molar refractivity (Wildman–Crippen MR) is 130 cm³/mol. The van der Waals surface area contributed by atoms with Crippen LogP contribution >= 0.6 is 11.6 Å². The van der Waals surface area contributed by atoms with Gasteiger partial charge in [-0.1, -0.05) is 60.3 Å². The molecule has 0 saturated heterocycles. The zero-order valence-corrected chi connectivity index (χ0v) is 20.5. The first-order valence-corrected chi connectivity index (χ1v) is 12.1. The largest absolute Gasteiger partial charge is 0.480 e. The highest BCUT2D eigenvalue weighted by molar-refractivity contribution is 6.31. The first kappa shape index (κ1) is 27.0. The maximum atomic E-state index is 13.7. The second-order valence-corrected chi connectivity index (χ2v) is 9.36. The smallest absolute Gasteiger partial charge is 0.416 e. The summed E-state index contributed by atoms with van der Waals surface area (Å²) in [6.07, 6.45) is 0.165. The minimum atomic E-state index is -4.42. The summed E-state index contributed by atoms with van der Waals surface area (Å²) in [4.78, 5) is 16.3. The first-order chi connectivity index (χ1) is 16.6. The van der Waals surface area contributed by atoms with Crippen LogP contribution in [0.15, 0.2) is 41.6 Å². The van der Waals surface area contributed by atoms with E-state index in [1.807, 2.05) is 0 Å². The third-order valence-electron chi connectivity index (χ3n) is 6.34. The van der Waals surface area contributed by atoms with Gasteiger partial charge in [0.2, 0.25) is 0 Å². The molecule has 0 bridgehead atoms. The minimum Gasteiger partial charge on any atom is -0.480 e. The van der Waals surface area contributed by atoms with Crippen molar-refractivity contribution in [3.63, 3.8) is 0 Å². The quantitative estimate of drug-likeness (QED) is 0.284. The van der Waals surface area contributed by atoms with Crippen LogP contribution in [0, 0.1) is 0 Å². The Morgan fingerprint density at radius 1 is 1.20 bits per heavy atom. The molecule has 0 amide bonds. The normalized spacial score (nSPS) is 16.2. The van der Waals surface area contributed by atoms with Crippen molar-refractivity contribution in [2.45, 2.75) is 77.2 Å². The molecule has 0 spiro atoms. The number of halogens is 4. The van der Waals surface area contributed by atoms with Gasteiger partial charge in [0.15, 0.2) is 0 Å². The third kappa shape index (κ3) is 7.45. The fourth-order valence-corrected chi connectivity index (χ4v) is 4.48. The van der Waals surface area contributed by atoms with E-state index < -0.39 is 23.8 Å². The SMILES string of the molecule is CC(=NOCc1ccc(C2CCCCC2)c(C(F)(F)F)c1)c1ccc(CNC(C)C(=O)O)c(Cl)c1. The predicted octanol–water partition coefficient (Wildman–Crippen LogP) is 6.91. The van der Waals surface area contributed by atoms with E-state index in [-0.39, 0.29) is 19.1 Å². The van der Waals surface area contributed by atoms with Gasteiger partial charge in [0.25, 0.3) is 0 Å². The molecular weight excluding hydrogens is 481 g/mol. The van der Waals surface area contributed by atoms with E-state index in [9.17, 15) is 18.0 Å². The van der Waals surface area contributed by atoms with E-state index >= 15 is 0 Å². The van der Waals surface area contributed by atoms with E-state index in [2.05, 4.69) is 10.5 Å². The van der Waals surface area contributed by atoms with Crippen molar-refractivity contribution < 1.29 is 27.9 Å². The zero-order valence-electron chi connectivity index (χ0n) is 19.8. The number of benzene rings is 2. The molecule has 2 N–H and O–H groups in total. The van der Waals surface area contributed by atoms with Gasteiger partial charge in [-0.3, -0.25) is 4.79 Å². The zero-order chi connectivity index (χ0) is 25.6.